The number of rotatable bonds is 3. The number of fused-ring (bicyclic) bond motifs is 3. The summed E-state index contributed by atoms with van der Waals surface area (Å²) >= 11 is 3.65. The molecule has 0 unspecified atom stereocenters. The van der Waals surface area contributed by atoms with Crippen LogP contribution >= 0.6 is 15.9 Å². The molecule has 0 bridgehead atoms. The third-order valence-corrected chi connectivity index (χ3v) is 6.84. The van der Waals surface area contributed by atoms with Crippen molar-refractivity contribution in [2.24, 2.45) is 0 Å². The molecule has 1 heterocycles. The number of nitrogens with zero attached hydrogens (tertiary/aromatic N) is 3. The van der Waals surface area contributed by atoms with Crippen molar-refractivity contribution in [1.82, 2.24) is 9.55 Å². The van der Waals surface area contributed by atoms with E-state index in [1.165, 1.54) is 38.9 Å². The number of allylic oxidation sites excluding steroid dienone is 1. The maximum absolute atomic E-state index is 9.45. The molecular weight excluding hydrogens is 458 g/mol. The van der Waals surface area contributed by atoms with Crippen LogP contribution in [0.3, 0.4) is 0 Å². The molecule has 0 atom stereocenters. The van der Waals surface area contributed by atoms with Crippen LogP contribution in [0, 0.1) is 18.3 Å². The van der Waals surface area contributed by atoms with E-state index >= 15 is 0 Å². The van der Waals surface area contributed by atoms with Crippen LogP contribution in [0.2, 0.25) is 0 Å². The van der Waals surface area contributed by atoms with E-state index in [0.29, 0.717) is 0 Å². The van der Waals surface area contributed by atoms with E-state index in [-0.39, 0.29) is 0 Å². The summed E-state index contributed by atoms with van der Waals surface area (Å²) in [6, 6.07) is 21.7. The predicted molar refractivity (Wildman–Crippen MR) is 134 cm³/mol. The molecule has 158 valence electrons. The van der Waals surface area contributed by atoms with Crippen molar-refractivity contribution in [3.05, 3.63) is 104 Å². The first-order valence-electron chi connectivity index (χ1n) is 11.0. The lowest BCUT2D eigenvalue weighted by Crippen LogP contribution is -2.05. The molecule has 1 aromatic heterocycles. The largest absolute Gasteiger partial charge is 0.323 e. The third-order valence-electron chi connectivity index (χ3n) is 6.39. The number of aryl methyl sites for hydroxylation is 4. The van der Waals surface area contributed by atoms with Gasteiger partial charge in [0, 0.05) is 23.5 Å². The molecule has 0 saturated heterocycles. The Bertz CT molecular complexity index is 1420. The quantitative estimate of drug-likeness (QED) is 0.303. The molecule has 3 nitrogen and oxygen atoms in total. The second kappa shape index (κ2) is 8.41. The molecule has 0 aliphatic heterocycles. The fraction of sp³-hybridized carbons (Fsp3) is 0.214. The first-order chi connectivity index (χ1) is 15.6. The molecule has 32 heavy (non-hydrogen) atoms. The average Bonchev–Trinajstić information content (AvgIpc) is 3.06. The van der Waals surface area contributed by atoms with Gasteiger partial charge in [-0.3, -0.25) is 0 Å². The van der Waals surface area contributed by atoms with E-state index in [9.17, 15) is 5.26 Å². The molecule has 0 radical (unpaired) electrons. The van der Waals surface area contributed by atoms with Gasteiger partial charge in [0.25, 0.3) is 0 Å². The highest BCUT2D eigenvalue weighted by Crippen LogP contribution is 2.34. The van der Waals surface area contributed by atoms with Gasteiger partial charge < -0.3 is 4.57 Å². The molecule has 0 fully saturated rings. The van der Waals surface area contributed by atoms with Crippen LogP contribution in [0.1, 0.15) is 46.1 Å². The van der Waals surface area contributed by atoms with Gasteiger partial charge in [-0.15, -0.1) is 0 Å². The molecule has 1 aliphatic carbocycles. The zero-order valence-electron chi connectivity index (χ0n) is 18.3. The van der Waals surface area contributed by atoms with Crippen LogP contribution in [-0.4, -0.2) is 9.55 Å². The fourth-order valence-electron chi connectivity index (χ4n) is 4.88. The Balaban J connectivity index is 1.59. The van der Waals surface area contributed by atoms with Gasteiger partial charge in [0.2, 0.25) is 0 Å². The molecule has 4 heteroatoms. The Kier molecular flexibility index (Phi) is 5.45. The highest BCUT2D eigenvalue weighted by atomic mass is 79.9. The predicted octanol–water partition coefficient (Wildman–Crippen LogP) is 6.77. The summed E-state index contributed by atoms with van der Waals surface area (Å²) in [6.07, 6.45) is 4.54. The van der Waals surface area contributed by atoms with Gasteiger partial charge in [-0.2, -0.15) is 5.26 Å². The van der Waals surface area contributed by atoms with Crippen LogP contribution in [0.15, 0.2) is 65.1 Å². The highest BCUT2D eigenvalue weighted by molar-refractivity contribution is 9.10. The SMILES string of the molecule is CCc1nc2c(C)cc(Br)cc2n1Cc1ccc2c(c1)CCc1ccccc1C2=CC#N. The number of hydrogen-bond acceptors (Lipinski definition) is 2. The minimum absolute atomic E-state index is 0.785. The monoisotopic (exact) mass is 481 g/mol. The molecule has 3 aromatic carbocycles. The minimum atomic E-state index is 0.785. The summed E-state index contributed by atoms with van der Waals surface area (Å²) in [5.74, 6) is 1.11. The molecule has 5 rings (SSSR count). The molecule has 1 aliphatic rings. The summed E-state index contributed by atoms with van der Waals surface area (Å²) in [5, 5.41) is 9.45. The van der Waals surface area contributed by atoms with E-state index < -0.39 is 0 Å². The normalized spacial score (nSPS) is 14.1. The van der Waals surface area contributed by atoms with Crippen LogP contribution in [-0.2, 0) is 25.8 Å². The van der Waals surface area contributed by atoms with Gasteiger partial charge in [-0.25, -0.2) is 4.98 Å². The van der Waals surface area contributed by atoms with E-state index in [0.717, 1.165) is 47.2 Å². The van der Waals surface area contributed by atoms with Crippen LogP contribution < -0.4 is 0 Å². The van der Waals surface area contributed by atoms with Crippen LogP contribution in [0.5, 0.6) is 0 Å². The Hall–Kier alpha value is -3.16. The van der Waals surface area contributed by atoms with Crippen LogP contribution in [0.25, 0.3) is 16.6 Å². The third kappa shape index (κ3) is 3.57. The lowest BCUT2D eigenvalue weighted by molar-refractivity contribution is 0.751. The van der Waals surface area contributed by atoms with E-state index in [1.807, 2.05) is 0 Å². The van der Waals surface area contributed by atoms with Gasteiger partial charge in [-0.1, -0.05) is 65.3 Å². The van der Waals surface area contributed by atoms with Gasteiger partial charge in [0.1, 0.15) is 5.82 Å². The molecule has 0 amide bonds. The molecule has 0 N–H and O–H groups in total. The summed E-state index contributed by atoms with van der Waals surface area (Å²) in [5.41, 5.74) is 10.7. The maximum atomic E-state index is 9.45. The molecule has 0 saturated carbocycles. The zero-order chi connectivity index (χ0) is 22.2. The lowest BCUT2D eigenvalue weighted by atomic mass is 9.93. The Morgan fingerprint density at radius 2 is 1.84 bits per heavy atom. The van der Waals surface area contributed by atoms with E-state index in [1.54, 1.807) is 6.08 Å². The van der Waals surface area contributed by atoms with Crippen LogP contribution in [0.4, 0.5) is 0 Å². The van der Waals surface area contributed by atoms with Crippen molar-refractivity contribution in [2.75, 3.05) is 0 Å². The van der Waals surface area contributed by atoms with Gasteiger partial charge in [0.15, 0.2) is 0 Å². The second-order valence-electron chi connectivity index (χ2n) is 8.39. The Morgan fingerprint density at radius 3 is 2.66 bits per heavy atom. The highest BCUT2D eigenvalue weighted by Gasteiger charge is 2.19. The summed E-state index contributed by atoms with van der Waals surface area (Å²) < 4.78 is 3.42. The van der Waals surface area contributed by atoms with Crippen molar-refractivity contribution in [3.8, 4) is 6.07 Å². The van der Waals surface area contributed by atoms with Crippen molar-refractivity contribution < 1.29 is 0 Å². The van der Waals surface area contributed by atoms with Crippen molar-refractivity contribution >= 4 is 32.5 Å². The van der Waals surface area contributed by atoms with Crippen molar-refractivity contribution in [2.45, 2.75) is 39.7 Å². The summed E-state index contributed by atoms with van der Waals surface area (Å²) in [4.78, 5) is 4.93. The minimum Gasteiger partial charge on any atom is -0.323 e. The number of hydrogen-bond donors (Lipinski definition) is 0. The first kappa shape index (κ1) is 20.7. The number of aromatic nitrogens is 2. The zero-order valence-corrected chi connectivity index (χ0v) is 19.9. The molecular formula is C28H24BrN3. The van der Waals surface area contributed by atoms with Gasteiger partial charge in [-0.05, 0) is 70.9 Å². The van der Waals surface area contributed by atoms with Crippen molar-refractivity contribution in [1.29, 1.82) is 5.26 Å². The maximum Gasteiger partial charge on any atom is 0.109 e. The second-order valence-corrected chi connectivity index (χ2v) is 9.31. The topological polar surface area (TPSA) is 41.6 Å². The Morgan fingerprint density at radius 1 is 1.06 bits per heavy atom. The molecule has 4 aromatic rings. The fourth-order valence-corrected chi connectivity index (χ4v) is 5.44. The molecule has 0 spiro atoms. The van der Waals surface area contributed by atoms with Gasteiger partial charge >= 0.3 is 0 Å². The first-order valence-corrected chi connectivity index (χ1v) is 11.8. The lowest BCUT2D eigenvalue weighted by Gasteiger charge is -2.14. The summed E-state index contributed by atoms with van der Waals surface area (Å²) in [6.45, 7) is 5.06. The van der Waals surface area contributed by atoms with E-state index in [2.05, 4.69) is 95.0 Å². The van der Waals surface area contributed by atoms with Gasteiger partial charge in [0.05, 0.1) is 17.1 Å². The smallest absolute Gasteiger partial charge is 0.109 e. The van der Waals surface area contributed by atoms with Crippen molar-refractivity contribution in [3.63, 3.8) is 0 Å². The van der Waals surface area contributed by atoms with E-state index in [4.69, 9.17) is 4.98 Å². The summed E-state index contributed by atoms with van der Waals surface area (Å²) in [7, 11) is 0. The number of benzene rings is 3. The number of imidazole rings is 1. The Labute approximate surface area is 197 Å². The standard InChI is InChI=1S/C28H24BrN3/c1-3-27-31-28-18(2)14-22(29)16-26(28)32(27)17-19-8-11-24-21(15-19)10-9-20-6-4-5-7-23(20)25(24)12-13-30/h4-8,11-12,14-16H,3,9-10,17H2,1-2H3. The average molecular weight is 482 g/mol. The number of nitriles is 1. The number of halogens is 1.